The standard InChI is InChI=1S/C24H18BrNO6/c1-31-16-11-26-12-17-20(16)23(30)21(27)18(22(28)29)19(13-5-3-2-4-6-13)24(23,32-17)14-7-9-15(25)10-8-14/h2-12,18-19,30H,1H3,(H,28,29)/t18-,19-,23+,24+/m1/s1. The molecule has 1 fully saturated rings. The number of carboxylic acids is 1. The molecule has 32 heavy (non-hydrogen) atoms. The van der Waals surface area contributed by atoms with Gasteiger partial charge in [0.2, 0.25) is 5.60 Å². The SMILES string of the molecule is COc1cncc2c1[C@]1(O)C(=O)[C@H](C(=O)O)[C@@H](c3ccccc3)[C@]1(c1ccc(Br)cc1)O2. The van der Waals surface area contributed by atoms with Crippen LogP contribution in [0.15, 0.2) is 71.5 Å². The van der Waals surface area contributed by atoms with E-state index in [-0.39, 0.29) is 17.1 Å². The van der Waals surface area contributed by atoms with E-state index in [1.807, 2.05) is 0 Å². The number of hydrogen-bond donors (Lipinski definition) is 2. The quantitative estimate of drug-likeness (QED) is 0.534. The highest BCUT2D eigenvalue weighted by Crippen LogP contribution is 2.68. The maximum atomic E-state index is 13.8. The molecule has 2 aromatic carbocycles. The van der Waals surface area contributed by atoms with Gasteiger partial charge in [0.1, 0.15) is 17.4 Å². The number of hydrogen-bond acceptors (Lipinski definition) is 6. The molecule has 2 aliphatic rings. The summed E-state index contributed by atoms with van der Waals surface area (Å²) in [5.74, 6) is -4.43. The van der Waals surface area contributed by atoms with Crippen LogP contribution in [0.25, 0.3) is 0 Å². The highest BCUT2D eigenvalue weighted by molar-refractivity contribution is 9.10. The van der Waals surface area contributed by atoms with Gasteiger partial charge in [0, 0.05) is 4.47 Å². The Balaban J connectivity index is 1.90. The Kier molecular flexibility index (Phi) is 4.61. The second-order valence-electron chi connectivity index (χ2n) is 7.84. The summed E-state index contributed by atoms with van der Waals surface area (Å²) >= 11 is 3.40. The number of aromatic nitrogens is 1. The van der Waals surface area contributed by atoms with Gasteiger partial charge >= 0.3 is 5.97 Å². The molecule has 162 valence electrons. The lowest BCUT2D eigenvalue weighted by Crippen LogP contribution is -2.50. The fraction of sp³-hybridized carbons (Fsp3) is 0.208. The minimum absolute atomic E-state index is 0.0904. The van der Waals surface area contributed by atoms with Crippen molar-refractivity contribution in [3.63, 3.8) is 0 Å². The molecule has 5 rings (SSSR count). The van der Waals surface area contributed by atoms with Crippen LogP contribution in [0.3, 0.4) is 0 Å². The molecule has 1 aromatic heterocycles. The molecule has 2 N–H and O–H groups in total. The van der Waals surface area contributed by atoms with Crippen molar-refractivity contribution in [1.82, 2.24) is 4.98 Å². The molecule has 0 unspecified atom stereocenters. The van der Waals surface area contributed by atoms with Gasteiger partial charge in [-0.1, -0.05) is 58.4 Å². The number of pyridine rings is 1. The van der Waals surface area contributed by atoms with Crippen molar-refractivity contribution < 1.29 is 29.3 Å². The van der Waals surface area contributed by atoms with E-state index in [0.29, 0.717) is 11.1 Å². The fourth-order valence-corrected chi connectivity index (χ4v) is 5.40. The minimum atomic E-state index is -2.31. The van der Waals surface area contributed by atoms with Crippen LogP contribution in [0, 0.1) is 5.92 Å². The first-order chi connectivity index (χ1) is 15.4. The number of benzene rings is 2. The largest absolute Gasteiger partial charge is 0.495 e. The number of aliphatic carboxylic acids is 1. The lowest BCUT2D eigenvalue weighted by Gasteiger charge is -2.39. The van der Waals surface area contributed by atoms with Crippen LogP contribution in [-0.4, -0.2) is 34.1 Å². The number of Topliss-reactive ketones (excluding diaryl/α,β-unsaturated/α-hetero) is 1. The average Bonchev–Trinajstić information content (AvgIpc) is 3.18. The third kappa shape index (κ3) is 2.47. The summed E-state index contributed by atoms with van der Waals surface area (Å²) in [4.78, 5) is 30.3. The van der Waals surface area contributed by atoms with Gasteiger partial charge in [0.05, 0.1) is 31.0 Å². The average molecular weight is 496 g/mol. The molecular weight excluding hydrogens is 478 g/mol. The van der Waals surface area contributed by atoms with Crippen molar-refractivity contribution in [3.05, 3.63) is 88.2 Å². The lowest BCUT2D eigenvalue weighted by molar-refractivity contribution is -0.154. The van der Waals surface area contributed by atoms with Crippen LogP contribution < -0.4 is 9.47 Å². The molecular formula is C24H18BrNO6. The van der Waals surface area contributed by atoms with Crippen LogP contribution in [0.4, 0.5) is 0 Å². The fourth-order valence-electron chi connectivity index (χ4n) is 5.14. The molecule has 8 heteroatoms. The highest BCUT2D eigenvalue weighted by atomic mass is 79.9. The number of aliphatic hydroxyl groups is 1. The third-order valence-corrected chi connectivity index (χ3v) is 6.90. The van der Waals surface area contributed by atoms with Gasteiger partial charge in [-0.05, 0) is 23.3 Å². The first-order valence-corrected chi connectivity index (χ1v) is 10.7. The minimum Gasteiger partial charge on any atom is -0.495 e. The zero-order valence-electron chi connectivity index (χ0n) is 16.9. The molecule has 7 nitrogen and oxygen atoms in total. The van der Waals surface area contributed by atoms with Crippen molar-refractivity contribution in [3.8, 4) is 11.5 Å². The number of fused-ring (bicyclic) bond motifs is 3. The summed E-state index contributed by atoms with van der Waals surface area (Å²) in [7, 11) is 1.39. The van der Waals surface area contributed by atoms with Gasteiger partial charge in [-0.25, -0.2) is 0 Å². The van der Waals surface area contributed by atoms with E-state index in [0.717, 1.165) is 4.47 Å². The highest BCUT2D eigenvalue weighted by Gasteiger charge is 2.78. The number of halogens is 1. The van der Waals surface area contributed by atoms with E-state index < -0.39 is 34.8 Å². The molecule has 3 aromatic rings. The molecule has 1 aliphatic carbocycles. The Morgan fingerprint density at radius 3 is 2.44 bits per heavy atom. The van der Waals surface area contributed by atoms with Crippen LogP contribution in [-0.2, 0) is 20.8 Å². The monoisotopic (exact) mass is 495 g/mol. The molecule has 0 amide bonds. The lowest BCUT2D eigenvalue weighted by atomic mass is 9.71. The second kappa shape index (κ2) is 7.15. The van der Waals surface area contributed by atoms with Crippen molar-refractivity contribution in [2.45, 2.75) is 17.1 Å². The number of carbonyl (C=O) groups is 2. The number of methoxy groups -OCH3 is 1. The molecule has 2 heterocycles. The van der Waals surface area contributed by atoms with Crippen LogP contribution in [0.2, 0.25) is 0 Å². The molecule has 4 atom stereocenters. The maximum Gasteiger partial charge on any atom is 0.314 e. The number of carbonyl (C=O) groups excluding carboxylic acids is 1. The van der Waals surface area contributed by atoms with E-state index in [4.69, 9.17) is 9.47 Å². The Bertz CT molecular complexity index is 1230. The van der Waals surface area contributed by atoms with Gasteiger partial charge in [-0.15, -0.1) is 0 Å². The molecule has 0 spiro atoms. The van der Waals surface area contributed by atoms with E-state index in [9.17, 15) is 19.8 Å². The predicted molar refractivity (Wildman–Crippen MR) is 116 cm³/mol. The summed E-state index contributed by atoms with van der Waals surface area (Å²) in [6.07, 6.45) is 2.77. The second-order valence-corrected chi connectivity index (χ2v) is 8.75. The summed E-state index contributed by atoms with van der Waals surface area (Å²) < 4.78 is 12.6. The molecule has 0 radical (unpaired) electrons. The van der Waals surface area contributed by atoms with E-state index in [2.05, 4.69) is 20.9 Å². The topological polar surface area (TPSA) is 106 Å². The number of nitrogens with zero attached hydrogens (tertiary/aromatic N) is 1. The predicted octanol–water partition coefficient (Wildman–Crippen LogP) is 3.40. The third-order valence-electron chi connectivity index (χ3n) is 6.37. The summed E-state index contributed by atoms with van der Waals surface area (Å²) in [5.41, 5.74) is -2.94. The Morgan fingerprint density at radius 2 is 1.81 bits per heavy atom. The Hall–Kier alpha value is -3.23. The zero-order valence-corrected chi connectivity index (χ0v) is 18.4. The van der Waals surface area contributed by atoms with Crippen LogP contribution in [0.5, 0.6) is 11.5 Å². The normalized spacial score (nSPS) is 28.0. The molecule has 1 aliphatic heterocycles. The number of ether oxygens (including phenoxy) is 2. The van der Waals surface area contributed by atoms with Gasteiger partial charge in [0.15, 0.2) is 11.4 Å². The van der Waals surface area contributed by atoms with Crippen LogP contribution in [0.1, 0.15) is 22.6 Å². The summed E-state index contributed by atoms with van der Waals surface area (Å²) in [6, 6.07) is 15.7. The van der Waals surface area contributed by atoms with Crippen LogP contribution >= 0.6 is 15.9 Å². The van der Waals surface area contributed by atoms with Crippen molar-refractivity contribution in [2.75, 3.05) is 7.11 Å². The van der Waals surface area contributed by atoms with E-state index in [1.54, 1.807) is 54.6 Å². The first kappa shape index (κ1) is 20.7. The van der Waals surface area contributed by atoms with E-state index in [1.165, 1.54) is 19.5 Å². The van der Waals surface area contributed by atoms with Crippen molar-refractivity contribution >= 4 is 27.7 Å². The van der Waals surface area contributed by atoms with Gasteiger partial charge < -0.3 is 19.7 Å². The maximum absolute atomic E-state index is 13.8. The molecule has 0 bridgehead atoms. The summed E-state index contributed by atoms with van der Waals surface area (Å²) in [5, 5.41) is 22.4. The zero-order chi connectivity index (χ0) is 22.7. The number of ketones is 1. The number of rotatable bonds is 4. The smallest absolute Gasteiger partial charge is 0.314 e. The van der Waals surface area contributed by atoms with Crippen molar-refractivity contribution in [2.24, 2.45) is 5.92 Å². The van der Waals surface area contributed by atoms with Gasteiger partial charge in [0.25, 0.3) is 0 Å². The molecule has 1 saturated carbocycles. The molecule has 0 saturated heterocycles. The van der Waals surface area contributed by atoms with E-state index >= 15 is 0 Å². The summed E-state index contributed by atoms with van der Waals surface area (Å²) in [6.45, 7) is 0. The number of carboxylic acid groups (broad SMARTS) is 1. The Labute approximate surface area is 191 Å². The van der Waals surface area contributed by atoms with Crippen molar-refractivity contribution in [1.29, 1.82) is 0 Å². The Morgan fingerprint density at radius 1 is 1.12 bits per heavy atom. The first-order valence-electron chi connectivity index (χ1n) is 9.88. The van der Waals surface area contributed by atoms with Gasteiger partial charge in [-0.2, -0.15) is 0 Å². The van der Waals surface area contributed by atoms with Gasteiger partial charge in [-0.3, -0.25) is 14.6 Å².